The molecule has 0 spiro atoms. The van der Waals surface area contributed by atoms with Gasteiger partial charge in [0.25, 0.3) is 0 Å². The molecule has 1 fully saturated rings. The summed E-state index contributed by atoms with van der Waals surface area (Å²) < 4.78 is 106. The molecule has 0 bridgehead atoms. The molecule has 12 heteroatoms. The van der Waals surface area contributed by atoms with Crippen molar-refractivity contribution in [3.63, 3.8) is 0 Å². The van der Waals surface area contributed by atoms with Crippen molar-refractivity contribution in [3.8, 4) is 0 Å². The van der Waals surface area contributed by atoms with E-state index < -0.39 is 54.6 Å². The van der Waals surface area contributed by atoms with Crippen LogP contribution in [0.5, 0.6) is 0 Å². The lowest BCUT2D eigenvalue weighted by Gasteiger charge is -2.44. The van der Waals surface area contributed by atoms with Gasteiger partial charge in [0.05, 0.1) is 17.2 Å². The standard InChI is InChI=1S/C26H29F8N3O/c1-16-10-20(28)4-5-22(16)23-14-21(35(2)9-7-27)6-8-37(23)24(38)36(3)15-17-11-18(25(29,30)31)13-19(12-17)26(32,33)34/h4-5,10-13,21,23H,6-9,14-15H2,1-3H3/t21-,23-/m1/s1. The number of hydrogen-bond donors (Lipinski definition) is 0. The van der Waals surface area contributed by atoms with Crippen LogP contribution in [0.1, 0.15) is 46.7 Å². The SMILES string of the molecule is Cc1cc(F)ccc1[C@H]1C[C@H](N(C)CCF)CCN1C(=O)N(C)Cc1cc(C(F)(F)F)cc(C(F)(F)F)c1. The van der Waals surface area contributed by atoms with E-state index in [1.165, 1.54) is 24.1 Å². The van der Waals surface area contributed by atoms with E-state index in [9.17, 15) is 39.9 Å². The summed E-state index contributed by atoms with van der Waals surface area (Å²) in [5.41, 5.74) is -2.00. The number of piperidine rings is 1. The Morgan fingerprint density at radius 1 is 1.00 bits per heavy atom. The third-order valence-electron chi connectivity index (χ3n) is 6.87. The second-order valence-electron chi connectivity index (χ2n) is 9.61. The maximum atomic E-state index is 13.8. The lowest BCUT2D eigenvalue weighted by atomic mass is 9.89. The van der Waals surface area contributed by atoms with Gasteiger partial charge >= 0.3 is 18.4 Å². The highest BCUT2D eigenvalue weighted by atomic mass is 19.4. The molecule has 2 amide bonds. The van der Waals surface area contributed by atoms with Crippen molar-refractivity contribution < 1.29 is 39.9 Å². The van der Waals surface area contributed by atoms with Crippen LogP contribution in [0.15, 0.2) is 36.4 Å². The number of urea groups is 1. The first-order valence-corrected chi connectivity index (χ1v) is 11.9. The van der Waals surface area contributed by atoms with Crippen molar-refractivity contribution >= 4 is 6.03 Å². The topological polar surface area (TPSA) is 26.8 Å². The van der Waals surface area contributed by atoms with Gasteiger partial charge in [-0.15, -0.1) is 0 Å². The molecular weight excluding hydrogens is 522 g/mol. The van der Waals surface area contributed by atoms with E-state index in [-0.39, 0.29) is 30.8 Å². The zero-order chi connectivity index (χ0) is 28.4. The van der Waals surface area contributed by atoms with E-state index in [2.05, 4.69) is 0 Å². The number of benzene rings is 2. The smallest absolute Gasteiger partial charge is 0.323 e. The number of carbonyl (C=O) groups excluding carboxylic acids is 1. The fourth-order valence-corrected chi connectivity index (χ4v) is 4.87. The Morgan fingerprint density at radius 3 is 2.13 bits per heavy atom. The van der Waals surface area contributed by atoms with Gasteiger partial charge in [-0.1, -0.05) is 6.07 Å². The van der Waals surface area contributed by atoms with Crippen LogP contribution in [0.4, 0.5) is 39.9 Å². The van der Waals surface area contributed by atoms with Crippen molar-refractivity contribution in [2.45, 2.75) is 50.7 Å². The predicted molar refractivity (Wildman–Crippen MR) is 126 cm³/mol. The van der Waals surface area contributed by atoms with E-state index >= 15 is 0 Å². The number of amides is 2. The second kappa shape index (κ2) is 11.5. The van der Waals surface area contributed by atoms with Crippen molar-refractivity contribution in [1.82, 2.24) is 14.7 Å². The molecule has 2 aromatic carbocycles. The highest BCUT2D eigenvalue weighted by molar-refractivity contribution is 5.75. The quantitative estimate of drug-likeness (QED) is 0.368. The molecule has 3 rings (SSSR count). The highest BCUT2D eigenvalue weighted by Crippen LogP contribution is 2.38. The Labute approximate surface area is 215 Å². The number of alkyl halides is 7. The average molecular weight is 552 g/mol. The van der Waals surface area contributed by atoms with Gasteiger partial charge in [0.15, 0.2) is 0 Å². The minimum atomic E-state index is -5.00. The Balaban J connectivity index is 1.91. The molecule has 4 nitrogen and oxygen atoms in total. The number of hydrogen-bond acceptors (Lipinski definition) is 2. The molecule has 38 heavy (non-hydrogen) atoms. The van der Waals surface area contributed by atoms with Crippen LogP contribution in [0, 0.1) is 12.7 Å². The third kappa shape index (κ3) is 6.95. The van der Waals surface area contributed by atoms with Crippen molar-refractivity contribution in [1.29, 1.82) is 0 Å². The third-order valence-corrected chi connectivity index (χ3v) is 6.87. The van der Waals surface area contributed by atoms with Crippen LogP contribution >= 0.6 is 0 Å². The Morgan fingerprint density at radius 2 is 1.61 bits per heavy atom. The fraction of sp³-hybridized carbons (Fsp3) is 0.500. The average Bonchev–Trinajstić information content (AvgIpc) is 2.82. The van der Waals surface area contributed by atoms with Gasteiger partial charge < -0.3 is 14.7 Å². The summed E-state index contributed by atoms with van der Waals surface area (Å²) >= 11 is 0. The summed E-state index contributed by atoms with van der Waals surface area (Å²) in [5.74, 6) is -0.465. The molecule has 2 aromatic rings. The van der Waals surface area contributed by atoms with E-state index in [1.807, 2.05) is 4.90 Å². The summed E-state index contributed by atoms with van der Waals surface area (Å²) in [7, 11) is 3.06. The molecule has 0 N–H and O–H groups in total. The minimum Gasteiger partial charge on any atom is -0.323 e. The first kappa shape index (κ1) is 29.7. The van der Waals surface area contributed by atoms with Crippen LogP contribution in [0.3, 0.4) is 0 Å². The van der Waals surface area contributed by atoms with Gasteiger partial charge in [0.2, 0.25) is 0 Å². The maximum absolute atomic E-state index is 13.8. The van der Waals surface area contributed by atoms with Gasteiger partial charge in [-0.2, -0.15) is 26.3 Å². The normalized spacial score (nSPS) is 18.7. The monoisotopic (exact) mass is 551 g/mol. The Bertz CT molecular complexity index is 1100. The van der Waals surface area contributed by atoms with Gasteiger partial charge in [-0.05, 0) is 73.8 Å². The van der Waals surface area contributed by atoms with Crippen LogP contribution in [-0.2, 0) is 18.9 Å². The van der Waals surface area contributed by atoms with Crippen LogP contribution in [0.2, 0.25) is 0 Å². The van der Waals surface area contributed by atoms with E-state index in [1.54, 1.807) is 20.0 Å². The molecule has 1 saturated heterocycles. The molecule has 0 aromatic heterocycles. The lowest BCUT2D eigenvalue weighted by molar-refractivity contribution is -0.143. The van der Waals surface area contributed by atoms with Gasteiger partial charge in [-0.3, -0.25) is 0 Å². The number of carbonyl (C=O) groups is 1. The van der Waals surface area contributed by atoms with Crippen molar-refractivity contribution in [2.24, 2.45) is 0 Å². The van der Waals surface area contributed by atoms with Gasteiger partial charge in [0.1, 0.15) is 12.5 Å². The number of rotatable bonds is 6. The summed E-state index contributed by atoms with van der Waals surface area (Å²) in [6.07, 6.45) is -9.13. The molecule has 2 atom stereocenters. The predicted octanol–water partition coefficient (Wildman–Crippen LogP) is 6.83. The molecule has 1 heterocycles. The summed E-state index contributed by atoms with van der Waals surface area (Å²) in [5, 5.41) is 0. The molecular formula is C26H29F8N3O. The lowest BCUT2D eigenvalue weighted by Crippen LogP contribution is -2.51. The zero-order valence-electron chi connectivity index (χ0n) is 21.1. The molecule has 1 aliphatic rings. The first-order chi connectivity index (χ1) is 17.6. The molecule has 0 radical (unpaired) electrons. The summed E-state index contributed by atoms with van der Waals surface area (Å²) in [6, 6.07) is 4.11. The van der Waals surface area contributed by atoms with Crippen molar-refractivity contribution in [2.75, 3.05) is 33.9 Å². The number of aryl methyl sites for hydroxylation is 1. The Hall–Kier alpha value is -2.89. The Kier molecular flexibility index (Phi) is 8.95. The molecule has 0 unspecified atom stereocenters. The zero-order valence-corrected chi connectivity index (χ0v) is 21.1. The van der Waals surface area contributed by atoms with Gasteiger partial charge in [-0.25, -0.2) is 13.6 Å². The number of nitrogens with zero attached hydrogens (tertiary/aromatic N) is 3. The van der Waals surface area contributed by atoms with E-state index in [0.717, 1.165) is 4.90 Å². The van der Waals surface area contributed by atoms with Crippen LogP contribution in [-0.4, -0.2) is 60.6 Å². The molecule has 210 valence electrons. The van der Waals surface area contributed by atoms with Gasteiger partial charge in [0, 0.05) is 32.7 Å². The first-order valence-electron chi connectivity index (χ1n) is 11.9. The number of halogens is 8. The maximum Gasteiger partial charge on any atom is 0.416 e. The van der Waals surface area contributed by atoms with Crippen molar-refractivity contribution in [3.05, 3.63) is 70.0 Å². The summed E-state index contributed by atoms with van der Waals surface area (Å²) in [6.45, 7) is 1.02. The minimum absolute atomic E-state index is 0.0390. The fourth-order valence-electron chi connectivity index (χ4n) is 4.87. The van der Waals surface area contributed by atoms with E-state index in [0.29, 0.717) is 36.1 Å². The van der Waals surface area contributed by atoms with E-state index in [4.69, 9.17) is 0 Å². The largest absolute Gasteiger partial charge is 0.416 e. The summed E-state index contributed by atoms with van der Waals surface area (Å²) in [4.78, 5) is 17.9. The molecule has 0 aliphatic carbocycles. The molecule has 1 aliphatic heterocycles. The molecule has 0 saturated carbocycles. The van der Waals surface area contributed by atoms with Crippen LogP contribution < -0.4 is 0 Å². The second-order valence-corrected chi connectivity index (χ2v) is 9.61. The highest BCUT2D eigenvalue weighted by Gasteiger charge is 2.38. The van der Waals surface area contributed by atoms with Crippen LogP contribution in [0.25, 0.3) is 0 Å². The number of likely N-dealkylation sites (tertiary alicyclic amines) is 1.